The predicted molar refractivity (Wildman–Crippen MR) is 166 cm³/mol. The van der Waals surface area contributed by atoms with Crippen LogP contribution in [0.2, 0.25) is 0 Å². The van der Waals surface area contributed by atoms with Crippen molar-refractivity contribution in [2.45, 2.75) is 40.2 Å². The second-order valence-corrected chi connectivity index (χ2v) is 10.7. The summed E-state index contributed by atoms with van der Waals surface area (Å²) in [6.07, 6.45) is 3.84. The molecule has 0 radical (unpaired) electrons. The lowest BCUT2D eigenvalue weighted by molar-refractivity contribution is -0.122. The lowest BCUT2D eigenvalue weighted by Gasteiger charge is -2.15. The van der Waals surface area contributed by atoms with Crippen LogP contribution in [0.5, 0.6) is 11.5 Å². The molecular weight excluding hydrogens is 516 g/mol. The number of hydrogen-bond donors (Lipinski definition) is 0. The first-order chi connectivity index (χ1) is 19.6. The van der Waals surface area contributed by atoms with Crippen LogP contribution in [0, 0.1) is 6.92 Å². The Labute approximate surface area is 240 Å². The van der Waals surface area contributed by atoms with Crippen LogP contribution in [0.25, 0.3) is 16.8 Å². The Balaban J connectivity index is 1.39. The number of thioether (sulfide) groups is 1. The van der Waals surface area contributed by atoms with Crippen molar-refractivity contribution in [2.24, 2.45) is 4.99 Å². The van der Waals surface area contributed by atoms with Gasteiger partial charge in [-0.2, -0.15) is 0 Å². The zero-order valence-electron chi connectivity index (χ0n) is 23.2. The van der Waals surface area contributed by atoms with Crippen LogP contribution in [-0.4, -0.2) is 29.1 Å². The van der Waals surface area contributed by atoms with Gasteiger partial charge in [0, 0.05) is 6.54 Å². The van der Waals surface area contributed by atoms with Crippen molar-refractivity contribution in [3.05, 3.63) is 107 Å². The number of nitrogens with zero attached hydrogens (tertiary/aromatic N) is 2. The zero-order chi connectivity index (χ0) is 27.9. The molecule has 0 saturated carbocycles. The predicted octanol–water partition coefficient (Wildman–Crippen LogP) is 8.53. The van der Waals surface area contributed by atoms with Gasteiger partial charge in [-0.3, -0.25) is 9.69 Å². The van der Waals surface area contributed by atoms with E-state index >= 15 is 0 Å². The van der Waals surface area contributed by atoms with E-state index in [4.69, 9.17) is 14.5 Å². The van der Waals surface area contributed by atoms with Crippen molar-refractivity contribution in [1.29, 1.82) is 0 Å². The number of fused-ring (bicyclic) bond motifs is 1. The number of rotatable bonds is 10. The number of hydrogen-bond acceptors (Lipinski definition) is 5. The highest BCUT2D eigenvalue weighted by atomic mass is 32.2. The number of benzene rings is 4. The molecule has 1 amide bonds. The average molecular weight is 551 g/mol. The SMILES string of the molecule is CCCCN1C(=O)/C(=C\c2ccc(OCc3cccc4ccccc34)c(OCC)c2)SC1=Nc1ccc(C)cc1. The van der Waals surface area contributed by atoms with Crippen molar-refractivity contribution in [3.8, 4) is 11.5 Å². The Bertz CT molecular complexity index is 1550. The molecule has 1 saturated heterocycles. The van der Waals surface area contributed by atoms with Gasteiger partial charge in [0.15, 0.2) is 16.7 Å². The second-order valence-electron chi connectivity index (χ2n) is 9.72. The van der Waals surface area contributed by atoms with E-state index in [0.717, 1.165) is 29.7 Å². The summed E-state index contributed by atoms with van der Waals surface area (Å²) in [5.74, 6) is 1.32. The standard InChI is InChI=1S/C34H34N2O3S/c1-4-6-20-36-33(37)32(40-34(36)35-28-17-14-24(3)15-18-28)22-25-16-19-30(31(21-25)38-5-2)39-23-27-12-9-11-26-10-7-8-13-29(26)27/h7-19,21-22H,4-6,20,23H2,1-3H3/b32-22+,35-34?. The Kier molecular flexibility index (Phi) is 8.87. The highest BCUT2D eigenvalue weighted by Gasteiger charge is 2.33. The van der Waals surface area contributed by atoms with Gasteiger partial charge in [-0.05, 0) is 84.3 Å². The zero-order valence-corrected chi connectivity index (χ0v) is 24.0. The highest BCUT2D eigenvalue weighted by Crippen LogP contribution is 2.36. The summed E-state index contributed by atoms with van der Waals surface area (Å²) in [5, 5.41) is 3.08. The molecule has 1 heterocycles. The van der Waals surface area contributed by atoms with Crippen LogP contribution in [0.1, 0.15) is 43.4 Å². The monoisotopic (exact) mass is 550 g/mol. The molecule has 5 rings (SSSR count). The Morgan fingerprint density at radius 3 is 2.50 bits per heavy atom. The third-order valence-electron chi connectivity index (χ3n) is 6.71. The maximum Gasteiger partial charge on any atom is 0.266 e. The number of aryl methyl sites for hydroxylation is 1. The third kappa shape index (κ3) is 6.40. The fraction of sp³-hybridized carbons (Fsp3) is 0.235. The van der Waals surface area contributed by atoms with Crippen LogP contribution in [0.15, 0.2) is 94.8 Å². The van der Waals surface area contributed by atoms with Gasteiger partial charge in [-0.1, -0.05) is 79.6 Å². The van der Waals surface area contributed by atoms with Crippen molar-refractivity contribution in [1.82, 2.24) is 4.90 Å². The summed E-state index contributed by atoms with van der Waals surface area (Å²) >= 11 is 1.42. The third-order valence-corrected chi connectivity index (χ3v) is 7.72. The van der Waals surface area contributed by atoms with Crippen LogP contribution >= 0.6 is 11.8 Å². The molecule has 0 unspecified atom stereocenters. The quantitative estimate of drug-likeness (QED) is 0.186. The van der Waals surface area contributed by atoms with Gasteiger partial charge in [-0.15, -0.1) is 0 Å². The van der Waals surface area contributed by atoms with Crippen LogP contribution in [0.3, 0.4) is 0 Å². The minimum Gasteiger partial charge on any atom is -0.490 e. The molecule has 5 nitrogen and oxygen atoms in total. The van der Waals surface area contributed by atoms with Gasteiger partial charge in [0.05, 0.1) is 17.2 Å². The molecule has 204 valence electrons. The molecule has 0 aliphatic carbocycles. The van der Waals surface area contributed by atoms with E-state index in [-0.39, 0.29) is 5.91 Å². The van der Waals surface area contributed by atoms with Gasteiger partial charge in [0.2, 0.25) is 0 Å². The number of amidine groups is 1. The molecule has 1 fully saturated rings. The number of unbranched alkanes of at least 4 members (excludes halogenated alkanes) is 1. The van der Waals surface area contributed by atoms with Crippen molar-refractivity contribution in [3.63, 3.8) is 0 Å². The fourth-order valence-corrected chi connectivity index (χ4v) is 5.59. The smallest absolute Gasteiger partial charge is 0.266 e. The number of aliphatic imine (C=N–C) groups is 1. The molecule has 40 heavy (non-hydrogen) atoms. The van der Waals surface area contributed by atoms with E-state index in [1.807, 2.05) is 67.6 Å². The lowest BCUT2D eigenvalue weighted by atomic mass is 10.1. The van der Waals surface area contributed by atoms with E-state index in [9.17, 15) is 4.79 Å². The summed E-state index contributed by atoms with van der Waals surface area (Å²) in [6, 6.07) is 28.4. The minimum atomic E-state index is -0.0152. The summed E-state index contributed by atoms with van der Waals surface area (Å²) in [4.78, 5) is 20.7. The van der Waals surface area contributed by atoms with E-state index in [1.165, 1.54) is 28.1 Å². The topological polar surface area (TPSA) is 51.1 Å². The molecule has 4 aromatic rings. The molecular formula is C34H34N2O3S. The number of amides is 1. The van der Waals surface area contributed by atoms with Crippen molar-refractivity contribution >= 4 is 45.4 Å². The summed E-state index contributed by atoms with van der Waals surface area (Å²) < 4.78 is 12.2. The van der Waals surface area contributed by atoms with Crippen molar-refractivity contribution < 1.29 is 14.3 Å². The van der Waals surface area contributed by atoms with Crippen LogP contribution < -0.4 is 9.47 Å². The molecule has 0 N–H and O–H groups in total. The second kappa shape index (κ2) is 12.9. The molecule has 6 heteroatoms. The van der Waals surface area contributed by atoms with Gasteiger partial charge in [0.25, 0.3) is 5.91 Å². The van der Waals surface area contributed by atoms with Gasteiger partial charge < -0.3 is 9.47 Å². The highest BCUT2D eigenvalue weighted by molar-refractivity contribution is 8.18. The summed E-state index contributed by atoms with van der Waals surface area (Å²) in [5.41, 5.74) is 4.02. The molecule has 4 aromatic carbocycles. The minimum absolute atomic E-state index is 0.0152. The van der Waals surface area contributed by atoms with E-state index < -0.39 is 0 Å². The maximum absolute atomic E-state index is 13.4. The van der Waals surface area contributed by atoms with E-state index in [1.54, 1.807) is 4.90 Å². The first-order valence-corrected chi connectivity index (χ1v) is 14.6. The van der Waals surface area contributed by atoms with Gasteiger partial charge >= 0.3 is 0 Å². The Morgan fingerprint density at radius 2 is 1.70 bits per heavy atom. The summed E-state index contributed by atoms with van der Waals surface area (Å²) in [7, 11) is 0. The molecule has 0 bridgehead atoms. The van der Waals surface area contributed by atoms with Crippen LogP contribution in [-0.2, 0) is 11.4 Å². The number of ether oxygens (including phenoxy) is 2. The molecule has 0 atom stereocenters. The first-order valence-electron chi connectivity index (χ1n) is 13.8. The lowest BCUT2D eigenvalue weighted by Crippen LogP contribution is -2.30. The molecule has 1 aliphatic rings. The fourth-order valence-electron chi connectivity index (χ4n) is 4.56. The van der Waals surface area contributed by atoms with Crippen molar-refractivity contribution in [2.75, 3.05) is 13.2 Å². The molecule has 0 spiro atoms. The Morgan fingerprint density at radius 1 is 0.900 bits per heavy atom. The Hall–Kier alpha value is -4.03. The van der Waals surface area contributed by atoms with E-state index in [2.05, 4.69) is 44.2 Å². The number of carbonyl (C=O) groups excluding carboxylic acids is 1. The van der Waals surface area contributed by atoms with Gasteiger partial charge in [-0.25, -0.2) is 4.99 Å². The maximum atomic E-state index is 13.4. The van der Waals surface area contributed by atoms with E-state index in [0.29, 0.717) is 41.3 Å². The van der Waals surface area contributed by atoms with Crippen LogP contribution in [0.4, 0.5) is 5.69 Å². The number of carbonyl (C=O) groups is 1. The van der Waals surface area contributed by atoms with Gasteiger partial charge in [0.1, 0.15) is 6.61 Å². The first kappa shape index (κ1) is 27.5. The molecule has 1 aliphatic heterocycles. The summed E-state index contributed by atoms with van der Waals surface area (Å²) in [6.45, 7) is 7.72. The molecule has 0 aromatic heterocycles. The largest absolute Gasteiger partial charge is 0.490 e. The normalized spacial score (nSPS) is 15.4. The average Bonchev–Trinajstić information content (AvgIpc) is 3.25.